The Hall–Kier alpha value is -2.40. The predicted molar refractivity (Wildman–Crippen MR) is 79.1 cm³/mol. The number of ketones is 2. The molecule has 2 aromatic rings. The summed E-state index contributed by atoms with van der Waals surface area (Å²) in [6.07, 6.45) is 0. The third-order valence-electron chi connectivity index (χ3n) is 3.50. The number of hydrogen-bond acceptors (Lipinski definition) is 4. The maximum Gasteiger partial charge on any atom is 0.320 e. The molecule has 1 aliphatic rings. The minimum Gasteiger partial charge on any atom is -0.480 e. The Labute approximate surface area is 125 Å². The first-order valence-corrected chi connectivity index (χ1v) is 6.75. The van der Waals surface area contributed by atoms with Gasteiger partial charge >= 0.3 is 5.97 Å². The highest BCUT2D eigenvalue weighted by molar-refractivity contribution is 7.81. The van der Waals surface area contributed by atoms with Gasteiger partial charge in [-0.15, -0.1) is 0 Å². The van der Waals surface area contributed by atoms with Crippen molar-refractivity contribution in [2.75, 3.05) is 0 Å². The maximum absolute atomic E-state index is 12.5. The van der Waals surface area contributed by atoms with Crippen LogP contribution < -0.4 is 0 Å². The van der Waals surface area contributed by atoms with Crippen molar-refractivity contribution in [2.24, 2.45) is 0 Å². The van der Waals surface area contributed by atoms with E-state index in [0.717, 1.165) is 0 Å². The molecule has 5 heteroatoms. The van der Waals surface area contributed by atoms with E-state index in [1.807, 2.05) is 0 Å². The molecule has 2 aromatic carbocycles. The van der Waals surface area contributed by atoms with Crippen LogP contribution in [0.3, 0.4) is 0 Å². The SMILES string of the molecule is O=C1c2ccccc2C(=O)c2cc(C(S)C(=O)O)ccc21. The van der Waals surface area contributed by atoms with Crippen molar-refractivity contribution in [1.29, 1.82) is 0 Å². The number of fused-ring (bicyclic) bond motifs is 2. The molecular weight excluding hydrogens is 288 g/mol. The van der Waals surface area contributed by atoms with Crippen LogP contribution in [0.15, 0.2) is 42.5 Å². The standard InChI is InChI=1S/C16H10O4S/c17-13-9-3-1-2-4-10(9)14(18)12-7-8(5-6-11(12)13)15(21)16(19)20/h1-7,15,21H,(H,19,20). The van der Waals surface area contributed by atoms with E-state index in [0.29, 0.717) is 22.3 Å². The van der Waals surface area contributed by atoms with E-state index in [1.165, 1.54) is 18.2 Å². The van der Waals surface area contributed by atoms with Crippen LogP contribution in [-0.4, -0.2) is 22.6 Å². The molecule has 21 heavy (non-hydrogen) atoms. The van der Waals surface area contributed by atoms with E-state index < -0.39 is 11.2 Å². The average molecular weight is 298 g/mol. The molecule has 3 rings (SSSR count). The van der Waals surface area contributed by atoms with E-state index in [2.05, 4.69) is 12.6 Å². The maximum atomic E-state index is 12.5. The number of carboxylic acid groups (broad SMARTS) is 1. The number of carboxylic acids is 1. The van der Waals surface area contributed by atoms with Gasteiger partial charge in [-0.1, -0.05) is 30.3 Å². The molecule has 0 aromatic heterocycles. The van der Waals surface area contributed by atoms with Crippen LogP contribution in [0.2, 0.25) is 0 Å². The summed E-state index contributed by atoms with van der Waals surface area (Å²) in [6, 6.07) is 11.1. The molecule has 1 atom stereocenters. The molecule has 1 aliphatic carbocycles. The lowest BCUT2D eigenvalue weighted by molar-refractivity contribution is -0.136. The molecule has 0 saturated carbocycles. The van der Waals surface area contributed by atoms with Crippen molar-refractivity contribution in [3.8, 4) is 0 Å². The molecule has 0 fully saturated rings. The number of rotatable bonds is 2. The summed E-state index contributed by atoms with van der Waals surface area (Å²) in [5.74, 6) is -1.60. The van der Waals surface area contributed by atoms with Crippen LogP contribution in [-0.2, 0) is 4.79 Å². The van der Waals surface area contributed by atoms with Gasteiger partial charge in [-0.25, -0.2) is 0 Å². The molecule has 1 N–H and O–H groups in total. The molecule has 104 valence electrons. The van der Waals surface area contributed by atoms with Gasteiger partial charge in [-0.3, -0.25) is 14.4 Å². The summed E-state index contributed by atoms with van der Waals surface area (Å²) in [6.45, 7) is 0. The van der Waals surface area contributed by atoms with Gasteiger partial charge < -0.3 is 5.11 Å². The Kier molecular flexibility index (Phi) is 3.14. The quantitative estimate of drug-likeness (QED) is 0.713. The first kappa shape index (κ1) is 13.6. The molecule has 0 amide bonds. The Morgan fingerprint density at radius 2 is 1.43 bits per heavy atom. The number of carbonyl (C=O) groups is 3. The van der Waals surface area contributed by atoms with Gasteiger partial charge in [0.15, 0.2) is 11.6 Å². The van der Waals surface area contributed by atoms with Gasteiger partial charge in [0.1, 0.15) is 5.25 Å². The lowest BCUT2D eigenvalue weighted by Gasteiger charge is -2.18. The zero-order chi connectivity index (χ0) is 15.1. The van der Waals surface area contributed by atoms with Gasteiger partial charge in [0, 0.05) is 22.3 Å². The van der Waals surface area contributed by atoms with Gasteiger partial charge in [0.2, 0.25) is 0 Å². The summed E-state index contributed by atoms with van der Waals surface area (Å²) < 4.78 is 0. The van der Waals surface area contributed by atoms with Gasteiger partial charge in [0.05, 0.1) is 0 Å². The van der Waals surface area contributed by atoms with Crippen LogP contribution in [0.4, 0.5) is 0 Å². The number of thiol groups is 1. The van der Waals surface area contributed by atoms with E-state index in [-0.39, 0.29) is 17.1 Å². The van der Waals surface area contributed by atoms with Crippen LogP contribution in [0.1, 0.15) is 42.7 Å². The van der Waals surface area contributed by atoms with Crippen molar-refractivity contribution in [1.82, 2.24) is 0 Å². The average Bonchev–Trinajstić information content (AvgIpc) is 2.51. The zero-order valence-corrected chi connectivity index (χ0v) is 11.6. The summed E-state index contributed by atoms with van der Waals surface area (Å²) >= 11 is 3.99. The smallest absolute Gasteiger partial charge is 0.320 e. The fourth-order valence-electron chi connectivity index (χ4n) is 2.43. The Morgan fingerprint density at radius 1 is 0.905 bits per heavy atom. The number of hydrogen-bond donors (Lipinski definition) is 2. The first-order chi connectivity index (χ1) is 10.0. The molecule has 0 aliphatic heterocycles. The minimum atomic E-state index is -1.10. The third kappa shape index (κ3) is 2.06. The normalized spacial score (nSPS) is 14.3. The molecule has 1 unspecified atom stereocenters. The van der Waals surface area contributed by atoms with Crippen LogP contribution in [0, 0.1) is 0 Å². The second kappa shape index (κ2) is 4.86. The number of carbonyl (C=O) groups excluding carboxylic acids is 2. The Balaban J connectivity index is 2.17. The van der Waals surface area contributed by atoms with E-state index in [9.17, 15) is 14.4 Å². The molecule has 0 saturated heterocycles. The van der Waals surface area contributed by atoms with Gasteiger partial charge in [-0.2, -0.15) is 12.6 Å². The summed E-state index contributed by atoms with van der Waals surface area (Å²) in [5, 5.41) is 7.95. The highest BCUT2D eigenvalue weighted by Gasteiger charge is 2.30. The van der Waals surface area contributed by atoms with Gasteiger partial charge in [-0.05, 0) is 17.7 Å². The molecular formula is C16H10O4S. The highest BCUT2D eigenvalue weighted by Crippen LogP contribution is 2.30. The lowest BCUT2D eigenvalue weighted by Crippen LogP contribution is -2.21. The fraction of sp³-hybridized carbons (Fsp3) is 0.0625. The Bertz CT molecular complexity index is 795. The molecule has 4 nitrogen and oxygen atoms in total. The van der Waals surface area contributed by atoms with Crippen LogP contribution in [0.25, 0.3) is 0 Å². The van der Waals surface area contributed by atoms with Crippen LogP contribution >= 0.6 is 12.6 Å². The first-order valence-electron chi connectivity index (χ1n) is 6.24. The van der Waals surface area contributed by atoms with Crippen molar-refractivity contribution in [3.05, 3.63) is 70.3 Å². The molecule has 0 spiro atoms. The third-order valence-corrected chi connectivity index (χ3v) is 4.02. The van der Waals surface area contributed by atoms with E-state index >= 15 is 0 Å². The summed E-state index contributed by atoms with van der Waals surface area (Å²) in [4.78, 5) is 35.8. The molecule has 0 heterocycles. The van der Waals surface area contributed by atoms with E-state index in [1.54, 1.807) is 24.3 Å². The zero-order valence-electron chi connectivity index (χ0n) is 10.7. The topological polar surface area (TPSA) is 71.4 Å². The second-order valence-electron chi connectivity index (χ2n) is 4.75. The van der Waals surface area contributed by atoms with Gasteiger partial charge in [0.25, 0.3) is 0 Å². The lowest BCUT2D eigenvalue weighted by atomic mass is 9.83. The molecule has 0 radical (unpaired) electrons. The second-order valence-corrected chi connectivity index (χ2v) is 5.27. The molecule has 0 bridgehead atoms. The highest BCUT2D eigenvalue weighted by atomic mass is 32.1. The number of aliphatic carboxylic acids is 1. The van der Waals surface area contributed by atoms with Crippen LogP contribution in [0.5, 0.6) is 0 Å². The Morgan fingerprint density at radius 3 is 2.00 bits per heavy atom. The minimum absolute atomic E-state index is 0.224. The monoisotopic (exact) mass is 298 g/mol. The van der Waals surface area contributed by atoms with Crippen molar-refractivity contribution >= 4 is 30.2 Å². The van der Waals surface area contributed by atoms with Crippen molar-refractivity contribution in [3.63, 3.8) is 0 Å². The van der Waals surface area contributed by atoms with E-state index in [4.69, 9.17) is 5.11 Å². The van der Waals surface area contributed by atoms with Crippen molar-refractivity contribution < 1.29 is 19.5 Å². The largest absolute Gasteiger partial charge is 0.480 e. The summed E-state index contributed by atoms with van der Waals surface area (Å²) in [5.41, 5.74) is 1.64. The summed E-state index contributed by atoms with van der Waals surface area (Å²) in [7, 11) is 0. The fourth-order valence-corrected chi connectivity index (χ4v) is 2.59. The number of benzene rings is 2. The van der Waals surface area contributed by atoms with Crippen molar-refractivity contribution in [2.45, 2.75) is 5.25 Å². The predicted octanol–water partition coefficient (Wildman–Crippen LogP) is 2.52.